The number of aliphatic hydroxyl groups excluding tert-OH is 1. The van der Waals surface area contributed by atoms with Crippen LogP contribution in [0.25, 0.3) is 10.8 Å². The van der Waals surface area contributed by atoms with E-state index < -0.39 is 34.6 Å². The van der Waals surface area contributed by atoms with Crippen molar-refractivity contribution in [1.29, 1.82) is 0 Å². The van der Waals surface area contributed by atoms with Crippen molar-refractivity contribution in [2.45, 2.75) is 42.7 Å². The maximum Gasteiger partial charge on any atom is 0.243 e. The summed E-state index contributed by atoms with van der Waals surface area (Å²) in [5, 5.41) is 14.2. The number of aliphatic imine (C=N–C) groups is 1. The van der Waals surface area contributed by atoms with E-state index in [0.29, 0.717) is 45.3 Å². The van der Waals surface area contributed by atoms with Crippen LogP contribution in [0.3, 0.4) is 0 Å². The molecule has 1 heterocycles. The number of fused-ring (bicyclic) bond motifs is 1. The van der Waals surface area contributed by atoms with Crippen molar-refractivity contribution >= 4 is 38.6 Å². The van der Waals surface area contributed by atoms with Gasteiger partial charge in [-0.2, -0.15) is 4.72 Å². The molecule has 1 aliphatic heterocycles. The number of hydrogen-bond donors (Lipinski definition) is 5. The van der Waals surface area contributed by atoms with Crippen LogP contribution in [0.1, 0.15) is 25.7 Å². The summed E-state index contributed by atoms with van der Waals surface area (Å²) in [6.45, 7) is 0.425. The molecule has 2 atom stereocenters. The van der Waals surface area contributed by atoms with Crippen LogP contribution in [0.2, 0.25) is 0 Å². The summed E-state index contributed by atoms with van der Waals surface area (Å²) in [5.74, 6) is -0.933. The smallest absolute Gasteiger partial charge is 0.243 e. The van der Waals surface area contributed by atoms with Crippen molar-refractivity contribution in [2.24, 2.45) is 16.5 Å². The number of carbonyl (C=O) groups excluding carboxylic acids is 2. The highest BCUT2D eigenvalue weighted by atomic mass is 32.2. The van der Waals surface area contributed by atoms with E-state index in [0.717, 1.165) is 10.8 Å². The summed E-state index contributed by atoms with van der Waals surface area (Å²) in [7, 11) is -4.09. The van der Waals surface area contributed by atoms with E-state index in [4.69, 9.17) is 11.5 Å². The van der Waals surface area contributed by atoms with E-state index in [2.05, 4.69) is 15.0 Å². The van der Waals surface area contributed by atoms with Crippen molar-refractivity contribution in [3.63, 3.8) is 0 Å². The van der Waals surface area contributed by atoms with E-state index in [1.165, 1.54) is 17.0 Å². The zero-order valence-corrected chi connectivity index (χ0v) is 20.2. The zero-order valence-electron chi connectivity index (χ0n) is 19.4. The number of hydrogen-bond acceptors (Lipinski definition) is 6. The number of nitrogens with one attached hydrogen (secondary N) is 2. The first-order valence-corrected chi connectivity index (χ1v) is 13.0. The second kappa shape index (κ2) is 12.0. The summed E-state index contributed by atoms with van der Waals surface area (Å²) in [6, 6.07) is 9.81. The van der Waals surface area contributed by atoms with Crippen molar-refractivity contribution in [3.05, 3.63) is 42.5 Å². The third-order valence-corrected chi connectivity index (χ3v) is 7.30. The lowest BCUT2D eigenvalue weighted by Gasteiger charge is -2.28. The Hall–Kier alpha value is -3.22. The molecule has 1 aliphatic rings. The van der Waals surface area contributed by atoms with Crippen LogP contribution in [-0.4, -0.2) is 74.5 Å². The first kappa shape index (κ1) is 26.4. The number of nitrogens with zero attached hydrogens (tertiary/aromatic N) is 2. The SMILES string of the molecule is NC(N)=NCCCCNC(=O)[C@@H]1CCCN1C(=O)[C@H](CO)NS(=O)(=O)c1ccc2ccccc2c1. The number of benzene rings is 2. The second-order valence-corrected chi connectivity index (χ2v) is 10.1. The molecule has 0 aliphatic carbocycles. The number of rotatable bonds is 11. The molecule has 35 heavy (non-hydrogen) atoms. The first-order chi connectivity index (χ1) is 16.7. The molecule has 0 unspecified atom stereocenters. The largest absolute Gasteiger partial charge is 0.394 e. The number of unbranched alkanes of at least 4 members (excludes halogenated alkanes) is 1. The Morgan fingerprint density at radius 3 is 2.60 bits per heavy atom. The Morgan fingerprint density at radius 1 is 1.14 bits per heavy atom. The normalized spacial score (nSPS) is 16.7. The monoisotopic (exact) mass is 504 g/mol. The summed E-state index contributed by atoms with van der Waals surface area (Å²) in [6.07, 6.45) is 2.41. The maximum atomic E-state index is 13.1. The fourth-order valence-corrected chi connectivity index (χ4v) is 5.25. The van der Waals surface area contributed by atoms with Gasteiger partial charge < -0.3 is 26.8 Å². The highest BCUT2D eigenvalue weighted by molar-refractivity contribution is 7.89. The van der Waals surface area contributed by atoms with Crippen molar-refractivity contribution in [1.82, 2.24) is 14.9 Å². The Morgan fingerprint density at radius 2 is 1.89 bits per heavy atom. The van der Waals surface area contributed by atoms with E-state index >= 15 is 0 Å². The maximum absolute atomic E-state index is 13.1. The third-order valence-electron chi connectivity index (χ3n) is 5.83. The molecule has 0 aromatic heterocycles. The predicted molar refractivity (Wildman–Crippen MR) is 133 cm³/mol. The molecule has 1 fully saturated rings. The standard InChI is InChI=1S/C23H32N6O5S/c24-23(25)27-12-4-3-11-26-21(31)20-8-5-13-29(20)22(32)19(15-30)28-35(33,34)18-10-9-16-6-1-2-7-17(16)14-18/h1-2,6-7,9-10,14,19-20,28,30H,3-5,8,11-13,15H2,(H,26,31)(H4,24,25,27)/t19-,20-/m0/s1. The number of aliphatic hydroxyl groups is 1. The van der Waals surface area contributed by atoms with E-state index in [1.807, 2.05) is 12.1 Å². The first-order valence-electron chi connectivity index (χ1n) is 11.5. The molecule has 3 rings (SSSR count). The predicted octanol–water partition coefficient (Wildman–Crippen LogP) is -0.360. The fourth-order valence-electron chi connectivity index (χ4n) is 4.03. The van der Waals surface area contributed by atoms with Crippen LogP contribution in [0.4, 0.5) is 0 Å². The minimum atomic E-state index is -4.09. The molecule has 0 saturated carbocycles. The van der Waals surface area contributed by atoms with Gasteiger partial charge in [0, 0.05) is 19.6 Å². The average molecular weight is 505 g/mol. The van der Waals surface area contributed by atoms with Gasteiger partial charge in [0.25, 0.3) is 0 Å². The van der Waals surface area contributed by atoms with Gasteiger partial charge in [-0.1, -0.05) is 30.3 Å². The minimum Gasteiger partial charge on any atom is -0.394 e. The third kappa shape index (κ3) is 6.90. The molecular weight excluding hydrogens is 472 g/mol. The van der Waals surface area contributed by atoms with Gasteiger partial charge in [0.15, 0.2) is 5.96 Å². The quantitative estimate of drug-likeness (QED) is 0.157. The molecular formula is C23H32N6O5S. The van der Waals surface area contributed by atoms with Crippen LogP contribution in [0.15, 0.2) is 52.4 Å². The molecule has 0 radical (unpaired) electrons. The minimum absolute atomic E-state index is 0.0149. The van der Waals surface area contributed by atoms with Crippen molar-refractivity contribution < 1.29 is 23.1 Å². The number of sulfonamides is 1. The van der Waals surface area contributed by atoms with Gasteiger partial charge in [-0.15, -0.1) is 0 Å². The van der Waals surface area contributed by atoms with Crippen LogP contribution >= 0.6 is 0 Å². The highest BCUT2D eigenvalue weighted by Gasteiger charge is 2.38. The number of likely N-dealkylation sites (tertiary alicyclic amines) is 1. The summed E-state index contributed by atoms with van der Waals surface area (Å²) < 4.78 is 28.2. The van der Waals surface area contributed by atoms with E-state index in [1.54, 1.807) is 18.2 Å². The van der Waals surface area contributed by atoms with Gasteiger partial charge in [-0.05, 0) is 48.6 Å². The number of carbonyl (C=O) groups is 2. The van der Waals surface area contributed by atoms with Gasteiger partial charge in [0.1, 0.15) is 12.1 Å². The van der Waals surface area contributed by atoms with Crippen molar-refractivity contribution in [3.8, 4) is 0 Å². The lowest BCUT2D eigenvalue weighted by Crippen LogP contribution is -2.54. The molecule has 0 spiro atoms. The summed E-state index contributed by atoms with van der Waals surface area (Å²) in [5.41, 5.74) is 10.5. The Labute approximate surface area is 204 Å². The fraction of sp³-hybridized carbons (Fsp3) is 0.435. The van der Waals surface area contributed by atoms with E-state index in [-0.39, 0.29) is 16.8 Å². The molecule has 2 aromatic carbocycles. The molecule has 1 saturated heterocycles. The highest BCUT2D eigenvalue weighted by Crippen LogP contribution is 2.21. The van der Waals surface area contributed by atoms with Crippen LogP contribution in [0.5, 0.6) is 0 Å². The van der Waals surface area contributed by atoms with Crippen LogP contribution in [0, 0.1) is 0 Å². The molecule has 2 amide bonds. The topological polar surface area (TPSA) is 180 Å². The Balaban J connectivity index is 1.62. The summed E-state index contributed by atoms with van der Waals surface area (Å²) >= 11 is 0. The molecule has 7 N–H and O–H groups in total. The Bertz CT molecular complexity index is 1180. The molecule has 12 heteroatoms. The van der Waals surface area contributed by atoms with E-state index in [9.17, 15) is 23.1 Å². The van der Waals surface area contributed by atoms with Gasteiger partial charge in [0.2, 0.25) is 21.8 Å². The molecule has 190 valence electrons. The lowest BCUT2D eigenvalue weighted by atomic mass is 10.1. The van der Waals surface area contributed by atoms with Crippen LogP contribution < -0.4 is 21.5 Å². The van der Waals surface area contributed by atoms with Gasteiger partial charge in [-0.3, -0.25) is 14.6 Å². The molecule has 2 aromatic rings. The van der Waals surface area contributed by atoms with Crippen molar-refractivity contribution in [2.75, 3.05) is 26.2 Å². The van der Waals surface area contributed by atoms with Gasteiger partial charge >= 0.3 is 0 Å². The lowest BCUT2D eigenvalue weighted by molar-refractivity contribution is -0.140. The Kier molecular flexibility index (Phi) is 9.01. The number of guanidine groups is 1. The van der Waals surface area contributed by atoms with Crippen LogP contribution in [-0.2, 0) is 19.6 Å². The number of nitrogens with two attached hydrogens (primary N) is 2. The summed E-state index contributed by atoms with van der Waals surface area (Å²) in [4.78, 5) is 31.0. The molecule has 0 bridgehead atoms. The second-order valence-electron chi connectivity index (χ2n) is 8.36. The zero-order chi connectivity index (χ0) is 25.4. The average Bonchev–Trinajstić information content (AvgIpc) is 3.33. The van der Waals surface area contributed by atoms with Gasteiger partial charge in [-0.25, -0.2) is 8.42 Å². The van der Waals surface area contributed by atoms with Gasteiger partial charge in [0.05, 0.1) is 11.5 Å². The number of amides is 2. The molecule has 11 nitrogen and oxygen atoms in total.